The van der Waals surface area contributed by atoms with Crippen LogP contribution in [0.1, 0.15) is 40.4 Å². The summed E-state index contributed by atoms with van der Waals surface area (Å²) in [6.07, 6.45) is 0. The SMILES string of the molecule is CC(C)(C)c1cc(NC(=O)C(C)(C)S(=O)c2ccc(Cl)cc2)no1. The van der Waals surface area contributed by atoms with Crippen LogP contribution in [0.2, 0.25) is 5.02 Å². The zero-order valence-electron chi connectivity index (χ0n) is 14.3. The van der Waals surface area contributed by atoms with Crippen LogP contribution in [0.25, 0.3) is 0 Å². The fraction of sp³-hybridized carbons (Fsp3) is 0.412. The van der Waals surface area contributed by atoms with Gasteiger partial charge in [-0.25, -0.2) is 0 Å². The van der Waals surface area contributed by atoms with E-state index in [4.69, 9.17) is 16.1 Å². The van der Waals surface area contributed by atoms with Crippen molar-refractivity contribution in [2.45, 2.75) is 49.7 Å². The van der Waals surface area contributed by atoms with Gasteiger partial charge in [-0.05, 0) is 38.1 Å². The molecule has 1 heterocycles. The van der Waals surface area contributed by atoms with Gasteiger partial charge in [-0.3, -0.25) is 9.00 Å². The maximum absolute atomic E-state index is 12.7. The molecule has 0 saturated carbocycles. The Morgan fingerprint density at radius 1 is 1.17 bits per heavy atom. The minimum absolute atomic E-state index is 0.211. The van der Waals surface area contributed by atoms with Gasteiger partial charge in [0.1, 0.15) is 10.5 Å². The van der Waals surface area contributed by atoms with E-state index in [9.17, 15) is 9.00 Å². The summed E-state index contributed by atoms with van der Waals surface area (Å²) < 4.78 is 16.8. The summed E-state index contributed by atoms with van der Waals surface area (Å²) in [6.45, 7) is 9.20. The van der Waals surface area contributed by atoms with E-state index in [0.29, 0.717) is 21.5 Å². The summed E-state index contributed by atoms with van der Waals surface area (Å²) in [5.41, 5.74) is -0.211. The number of nitrogens with zero attached hydrogens (tertiary/aromatic N) is 1. The maximum atomic E-state index is 12.7. The molecule has 5 nitrogen and oxygen atoms in total. The number of anilines is 1. The van der Waals surface area contributed by atoms with Crippen molar-refractivity contribution in [2.75, 3.05) is 5.32 Å². The minimum Gasteiger partial charge on any atom is -0.359 e. The molecule has 1 N–H and O–H groups in total. The third-order valence-electron chi connectivity index (χ3n) is 3.53. The highest BCUT2D eigenvalue weighted by Crippen LogP contribution is 2.27. The summed E-state index contributed by atoms with van der Waals surface area (Å²) in [5.74, 6) is 0.574. The van der Waals surface area contributed by atoms with Crippen LogP contribution in [0.15, 0.2) is 39.8 Å². The van der Waals surface area contributed by atoms with E-state index in [2.05, 4.69) is 10.5 Å². The number of nitrogens with one attached hydrogen (secondary N) is 1. The highest BCUT2D eigenvalue weighted by Gasteiger charge is 2.36. The second-order valence-corrected chi connectivity index (χ2v) is 9.48. The number of benzene rings is 1. The van der Waals surface area contributed by atoms with Crippen molar-refractivity contribution >= 4 is 34.1 Å². The molecule has 0 fully saturated rings. The predicted octanol–water partition coefficient (Wildman–Crippen LogP) is 4.15. The molecule has 130 valence electrons. The zero-order chi connectivity index (χ0) is 18.1. The summed E-state index contributed by atoms with van der Waals surface area (Å²) in [6, 6.07) is 8.29. The third-order valence-corrected chi connectivity index (χ3v) is 5.59. The lowest BCUT2D eigenvalue weighted by atomic mass is 9.93. The van der Waals surface area contributed by atoms with Crippen molar-refractivity contribution in [3.05, 3.63) is 41.1 Å². The average Bonchev–Trinajstić information content (AvgIpc) is 2.96. The molecule has 1 amide bonds. The van der Waals surface area contributed by atoms with Gasteiger partial charge in [0.25, 0.3) is 0 Å². The first-order valence-electron chi connectivity index (χ1n) is 7.48. The molecular formula is C17H21ClN2O3S. The molecule has 1 unspecified atom stereocenters. The monoisotopic (exact) mass is 368 g/mol. The van der Waals surface area contributed by atoms with Gasteiger partial charge in [0.05, 0.1) is 10.8 Å². The maximum Gasteiger partial charge on any atom is 0.244 e. The summed E-state index contributed by atoms with van der Waals surface area (Å²) in [4.78, 5) is 13.1. The van der Waals surface area contributed by atoms with Crippen molar-refractivity contribution < 1.29 is 13.5 Å². The molecule has 24 heavy (non-hydrogen) atoms. The second-order valence-electron chi connectivity index (χ2n) is 7.01. The molecule has 0 bridgehead atoms. The molecule has 1 atom stereocenters. The zero-order valence-corrected chi connectivity index (χ0v) is 15.9. The van der Waals surface area contributed by atoms with Gasteiger partial charge in [-0.2, -0.15) is 0 Å². The molecule has 1 aromatic carbocycles. The number of hydrogen-bond donors (Lipinski definition) is 1. The first-order chi connectivity index (χ1) is 11.0. The van der Waals surface area contributed by atoms with Crippen LogP contribution in [-0.4, -0.2) is 20.0 Å². The van der Waals surface area contributed by atoms with Crippen LogP contribution in [0.4, 0.5) is 5.82 Å². The van der Waals surface area contributed by atoms with E-state index < -0.39 is 21.5 Å². The Bertz CT molecular complexity index is 761. The summed E-state index contributed by atoms with van der Waals surface area (Å²) >= 11 is 5.84. The summed E-state index contributed by atoms with van der Waals surface area (Å²) in [5, 5.41) is 7.08. The van der Waals surface area contributed by atoms with Crippen LogP contribution < -0.4 is 5.32 Å². The number of halogens is 1. The molecule has 0 aliphatic carbocycles. The molecule has 1 aromatic heterocycles. The molecule has 0 spiro atoms. The molecule has 0 radical (unpaired) electrons. The van der Waals surface area contributed by atoms with Gasteiger partial charge < -0.3 is 9.84 Å². The molecule has 2 rings (SSSR count). The Kier molecular flexibility index (Phi) is 5.20. The average molecular weight is 369 g/mol. The van der Waals surface area contributed by atoms with E-state index >= 15 is 0 Å². The van der Waals surface area contributed by atoms with Gasteiger partial charge in [0.15, 0.2) is 5.82 Å². The van der Waals surface area contributed by atoms with Gasteiger partial charge in [-0.1, -0.05) is 37.5 Å². The van der Waals surface area contributed by atoms with Gasteiger partial charge in [-0.15, -0.1) is 0 Å². The number of amides is 1. The molecule has 0 aliphatic rings. The van der Waals surface area contributed by atoms with Gasteiger partial charge in [0.2, 0.25) is 5.91 Å². The highest BCUT2D eigenvalue weighted by molar-refractivity contribution is 7.87. The standard InChI is InChI=1S/C17H21ClN2O3S/c1-16(2,3)13-10-14(20-23-13)19-15(21)17(4,5)24(22)12-8-6-11(18)7-9-12/h6-10H,1-5H3,(H,19,20,21). The van der Waals surface area contributed by atoms with Crippen LogP contribution >= 0.6 is 11.6 Å². The van der Waals surface area contributed by atoms with Gasteiger partial charge in [0, 0.05) is 21.4 Å². The Labute approximate surface area is 149 Å². The largest absolute Gasteiger partial charge is 0.359 e. The molecule has 0 saturated heterocycles. The van der Waals surface area contributed by atoms with Crippen LogP contribution in [0.5, 0.6) is 0 Å². The Morgan fingerprint density at radius 3 is 2.25 bits per heavy atom. The highest BCUT2D eigenvalue weighted by atomic mass is 35.5. The second kappa shape index (κ2) is 6.69. The first-order valence-corrected chi connectivity index (χ1v) is 9.00. The van der Waals surface area contributed by atoms with Crippen molar-refractivity contribution in [1.29, 1.82) is 0 Å². The predicted molar refractivity (Wildman–Crippen MR) is 95.8 cm³/mol. The van der Waals surface area contributed by atoms with Crippen molar-refractivity contribution in [1.82, 2.24) is 5.16 Å². The molecule has 7 heteroatoms. The topological polar surface area (TPSA) is 72.2 Å². The first kappa shape index (κ1) is 18.7. The Morgan fingerprint density at radius 2 is 1.75 bits per heavy atom. The van der Waals surface area contributed by atoms with E-state index in [1.165, 1.54) is 0 Å². The van der Waals surface area contributed by atoms with Crippen molar-refractivity contribution in [3.63, 3.8) is 0 Å². The molecule has 2 aromatic rings. The van der Waals surface area contributed by atoms with Gasteiger partial charge >= 0.3 is 0 Å². The quantitative estimate of drug-likeness (QED) is 0.879. The van der Waals surface area contributed by atoms with E-state index in [1.54, 1.807) is 44.2 Å². The lowest BCUT2D eigenvalue weighted by Crippen LogP contribution is -2.41. The third kappa shape index (κ3) is 4.05. The fourth-order valence-electron chi connectivity index (χ4n) is 1.89. The number of carbonyl (C=O) groups excluding carboxylic acids is 1. The Balaban J connectivity index is 2.16. The lowest BCUT2D eigenvalue weighted by molar-refractivity contribution is -0.117. The van der Waals surface area contributed by atoms with E-state index in [1.807, 2.05) is 20.8 Å². The number of hydrogen-bond acceptors (Lipinski definition) is 4. The molecular weight excluding hydrogens is 348 g/mol. The Hall–Kier alpha value is -1.66. The van der Waals surface area contributed by atoms with E-state index in [-0.39, 0.29) is 5.41 Å². The number of aromatic nitrogens is 1. The fourth-order valence-corrected chi connectivity index (χ4v) is 3.21. The van der Waals surface area contributed by atoms with Crippen LogP contribution in [-0.2, 0) is 21.0 Å². The lowest BCUT2D eigenvalue weighted by Gasteiger charge is -2.22. The van der Waals surface area contributed by atoms with E-state index in [0.717, 1.165) is 0 Å². The van der Waals surface area contributed by atoms with Crippen molar-refractivity contribution in [3.8, 4) is 0 Å². The number of carbonyl (C=O) groups is 1. The summed E-state index contributed by atoms with van der Waals surface area (Å²) in [7, 11) is -1.55. The normalized spacial score (nSPS) is 13.6. The van der Waals surface area contributed by atoms with Crippen molar-refractivity contribution in [2.24, 2.45) is 0 Å². The van der Waals surface area contributed by atoms with Crippen LogP contribution in [0, 0.1) is 0 Å². The smallest absolute Gasteiger partial charge is 0.244 e. The molecule has 0 aliphatic heterocycles. The van der Waals surface area contributed by atoms with Crippen LogP contribution in [0.3, 0.4) is 0 Å². The number of rotatable bonds is 4. The minimum atomic E-state index is -1.55.